The number of ether oxygens (including phenoxy) is 1. The second kappa shape index (κ2) is 6.37. The molecule has 0 saturated heterocycles. The van der Waals surface area contributed by atoms with Crippen LogP contribution >= 0.6 is 0 Å². The van der Waals surface area contributed by atoms with E-state index >= 15 is 0 Å². The largest absolute Gasteiger partial charge is 0.462 e. The average Bonchev–Trinajstić information content (AvgIpc) is 2.89. The lowest BCUT2D eigenvalue weighted by Gasteiger charge is -2.36. The van der Waals surface area contributed by atoms with Gasteiger partial charge in [-0.3, -0.25) is 4.79 Å². The van der Waals surface area contributed by atoms with Crippen LogP contribution in [-0.2, 0) is 9.53 Å². The van der Waals surface area contributed by atoms with Crippen LogP contribution in [-0.4, -0.2) is 12.1 Å². The van der Waals surface area contributed by atoms with E-state index in [9.17, 15) is 4.79 Å². The van der Waals surface area contributed by atoms with E-state index in [-0.39, 0.29) is 23.4 Å². The first-order chi connectivity index (χ1) is 10.1. The van der Waals surface area contributed by atoms with E-state index in [2.05, 4.69) is 54.5 Å². The summed E-state index contributed by atoms with van der Waals surface area (Å²) >= 11 is 0. The third kappa shape index (κ3) is 3.58. The van der Waals surface area contributed by atoms with Crippen molar-refractivity contribution in [1.82, 2.24) is 0 Å². The minimum atomic E-state index is 0.0391. The number of esters is 1. The Hall–Kier alpha value is -0.790. The quantitative estimate of drug-likeness (QED) is 0.525. The van der Waals surface area contributed by atoms with Crippen molar-refractivity contribution in [3.05, 3.63) is 11.6 Å². The van der Waals surface area contributed by atoms with Gasteiger partial charge in [0.05, 0.1) is 5.92 Å². The summed E-state index contributed by atoms with van der Waals surface area (Å²) in [5.41, 5.74) is 1.35. The molecule has 2 fully saturated rings. The smallest absolute Gasteiger partial charge is 0.310 e. The minimum Gasteiger partial charge on any atom is -0.462 e. The van der Waals surface area contributed by atoms with Crippen LogP contribution in [0.2, 0.25) is 0 Å². The zero-order valence-electron chi connectivity index (χ0n) is 15.5. The van der Waals surface area contributed by atoms with Crippen LogP contribution < -0.4 is 0 Å². The zero-order chi connectivity index (χ0) is 16.7. The fourth-order valence-corrected chi connectivity index (χ4v) is 4.27. The number of carbonyl (C=O) groups is 1. The van der Waals surface area contributed by atoms with Gasteiger partial charge < -0.3 is 4.74 Å². The molecule has 126 valence electrons. The molecular weight excluding hydrogens is 272 g/mol. The van der Waals surface area contributed by atoms with Gasteiger partial charge in [-0.05, 0) is 55.8 Å². The van der Waals surface area contributed by atoms with Gasteiger partial charge in [-0.2, -0.15) is 0 Å². The molecule has 0 aliphatic heterocycles. The summed E-state index contributed by atoms with van der Waals surface area (Å²) in [5, 5.41) is 0. The third-order valence-electron chi connectivity index (χ3n) is 5.91. The van der Waals surface area contributed by atoms with E-state index in [4.69, 9.17) is 4.74 Å². The molecule has 0 amide bonds. The van der Waals surface area contributed by atoms with E-state index in [1.54, 1.807) is 0 Å². The van der Waals surface area contributed by atoms with Gasteiger partial charge in [0.25, 0.3) is 0 Å². The summed E-state index contributed by atoms with van der Waals surface area (Å²) in [6.45, 7) is 15.4. The van der Waals surface area contributed by atoms with E-state index in [1.165, 1.54) is 18.4 Å². The van der Waals surface area contributed by atoms with Crippen molar-refractivity contribution in [2.75, 3.05) is 0 Å². The van der Waals surface area contributed by atoms with Gasteiger partial charge in [0.15, 0.2) is 0 Å². The molecule has 0 N–H and O–H groups in total. The Kier molecular flexibility index (Phi) is 5.09. The molecular formula is C20H34O2. The lowest BCUT2D eigenvalue weighted by Crippen LogP contribution is -2.36. The SMILES string of the molecule is CC(C)=C[C@@H]1[C@H](C(=O)OC2CC(C)CCC2C(C)C)C1(C)C. The summed E-state index contributed by atoms with van der Waals surface area (Å²) in [6.07, 6.45) is 5.87. The van der Waals surface area contributed by atoms with Crippen LogP contribution in [0.1, 0.15) is 67.7 Å². The molecule has 5 atom stereocenters. The second-order valence-corrected chi connectivity index (χ2v) is 8.87. The molecule has 0 aromatic rings. The van der Waals surface area contributed by atoms with Gasteiger partial charge >= 0.3 is 5.97 Å². The highest BCUT2D eigenvalue weighted by atomic mass is 16.5. The van der Waals surface area contributed by atoms with Crippen molar-refractivity contribution >= 4 is 5.97 Å². The Morgan fingerprint density at radius 2 is 1.86 bits per heavy atom. The monoisotopic (exact) mass is 306 g/mol. The molecule has 0 aromatic heterocycles. The molecule has 0 aromatic carbocycles. The molecule has 22 heavy (non-hydrogen) atoms. The van der Waals surface area contributed by atoms with Gasteiger partial charge in [-0.15, -0.1) is 0 Å². The zero-order valence-corrected chi connectivity index (χ0v) is 15.5. The van der Waals surface area contributed by atoms with Gasteiger partial charge in [0.2, 0.25) is 0 Å². The molecule has 0 spiro atoms. The Morgan fingerprint density at radius 3 is 2.41 bits per heavy atom. The van der Waals surface area contributed by atoms with Gasteiger partial charge in [0.1, 0.15) is 6.10 Å². The van der Waals surface area contributed by atoms with Crippen molar-refractivity contribution in [2.24, 2.45) is 35.0 Å². The summed E-state index contributed by atoms with van der Waals surface area (Å²) in [5.74, 6) is 2.23. The second-order valence-electron chi connectivity index (χ2n) is 8.87. The van der Waals surface area contributed by atoms with Crippen molar-refractivity contribution < 1.29 is 9.53 Å². The van der Waals surface area contributed by atoms with Gasteiger partial charge in [-0.25, -0.2) is 0 Å². The maximum absolute atomic E-state index is 12.7. The lowest BCUT2D eigenvalue weighted by atomic mass is 9.75. The first-order valence-electron chi connectivity index (χ1n) is 9.00. The fourth-order valence-electron chi connectivity index (χ4n) is 4.27. The molecule has 2 aliphatic rings. The van der Waals surface area contributed by atoms with Crippen molar-refractivity contribution in [1.29, 1.82) is 0 Å². The summed E-state index contributed by atoms with van der Waals surface area (Å²) in [4.78, 5) is 12.7. The molecule has 2 aliphatic carbocycles. The molecule has 2 rings (SSSR count). The molecule has 2 nitrogen and oxygen atoms in total. The summed E-state index contributed by atoms with van der Waals surface area (Å²) < 4.78 is 6.04. The number of allylic oxidation sites excluding steroid dienone is 2. The number of hydrogen-bond acceptors (Lipinski definition) is 2. The highest BCUT2D eigenvalue weighted by Crippen LogP contribution is 2.60. The molecule has 2 saturated carbocycles. The van der Waals surface area contributed by atoms with E-state index in [0.717, 1.165) is 6.42 Å². The maximum atomic E-state index is 12.7. The Labute approximate surface area is 136 Å². The fraction of sp³-hybridized carbons (Fsp3) is 0.850. The Morgan fingerprint density at radius 1 is 1.23 bits per heavy atom. The van der Waals surface area contributed by atoms with Crippen LogP contribution in [0.5, 0.6) is 0 Å². The van der Waals surface area contributed by atoms with Crippen LogP contribution in [0.3, 0.4) is 0 Å². The predicted molar refractivity (Wildman–Crippen MR) is 91.4 cm³/mol. The standard InChI is InChI=1S/C20H34O2/c1-12(2)10-16-18(20(16,6)7)19(21)22-17-11-14(5)8-9-15(17)13(3)4/h10,13-18H,8-9,11H2,1-7H3/t14?,15?,16-,17?,18-/m1/s1. The number of hydrogen-bond donors (Lipinski definition) is 0. The Bertz CT molecular complexity index is 443. The highest BCUT2D eigenvalue weighted by molar-refractivity contribution is 5.78. The van der Waals surface area contributed by atoms with Crippen LogP contribution in [0.15, 0.2) is 11.6 Å². The molecule has 0 bridgehead atoms. The minimum absolute atomic E-state index is 0.0391. The van der Waals surface area contributed by atoms with Crippen LogP contribution in [0.25, 0.3) is 0 Å². The third-order valence-corrected chi connectivity index (χ3v) is 5.91. The molecule has 2 heteroatoms. The van der Waals surface area contributed by atoms with Crippen LogP contribution in [0, 0.1) is 35.0 Å². The van der Waals surface area contributed by atoms with E-state index in [1.807, 2.05) is 0 Å². The summed E-state index contributed by atoms with van der Waals surface area (Å²) in [7, 11) is 0. The molecule has 0 heterocycles. The highest BCUT2D eigenvalue weighted by Gasteiger charge is 2.61. The Balaban J connectivity index is 2.03. The van der Waals surface area contributed by atoms with Crippen molar-refractivity contribution in [2.45, 2.75) is 73.8 Å². The topological polar surface area (TPSA) is 26.3 Å². The summed E-state index contributed by atoms with van der Waals surface area (Å²) in [6, 6.07) is 0. The number of rotatable bonds is 4. The predicted octanol–water partition coefficient (Wildman–Crippen LogP) is 5.23. The first kappa shape index (κ1) is 17.6. The van der Waals surface area contributed by atoms with Gasteiger partial charge in [-0.1, -0.05) is 52.7 Å². The van der Waals surface area contributed by atoms with Gasteiger partial charge in [0, 0.05) is 0 Å². The molecule has 0 radical (unpaired) electrons. The average molecular weight is 306 g/mol. The first-order valence-corrected chi connectivity index (χ1v) is 9.00. The maximum Gasteiger partial charge on any atom is 0.310 e. The molecule has 3 unspecified atom stereocenters. The van der Waals surface area contributed by atoms with Crippen molar-refractivity contribution in [3.8, 4) is 0 Å². The van der Waals surface area contributed by atoms with E-state index in [0.29, 0.717) is 23.7 Å². The van der Waals surface area contributed by atoms with E-state index < -0.39 is 0 Å². The van der Waals surface area contributed by atoms with Crippen molar-refractivity contribution in [3.63, 3.8) is 0 Å². The number of carbonyl (C=O) groups excluding carboxylic acids is 1. The normalized spacial score (nSPS) is 36.8. The lowest BCUT2D eigenvalue weighted by molar-refractivity contribution is -0.158. The van der Waals surface area contributed by atoms with Crippen LogP contribution in [0.4, 0.5) is 0 Å².